The van der Waals surface area contributed by atoms with Crippen LogP contribution in [0.3, 0.4) is 0 Å². The summed E-state index contributed by atoms with van der Waals surface area (Å²) in [6.45, 7) is 0.585. The van der Waals surface area contributed by atoms with Crippen LogP contribution in [0.4, 0.5) is 0 Å². The van der Waals surface area contributed by atoms with Crippen molar-refractivity contribution >= 4 is 11.6 Å². The molecule has 5 nitrogen and oxygen atoms in total. The van der Waals surface area contributed by atoms with Crippen molar-refractivity contribution in [2.45, 2.75) is 18.9 Å². The lowest BCUT2D eigenvalue weighted by atomic mass is 10.0. The minimum Gasteiger partial charge on any atom is -0.399 e. The first-order chi connectivity index (χ1) is 5.74. The number of primary amides is 1. The predicted molar refractivity (Wildman–Crippen MR) is 44.7 cm³/mol. The Labute approximate surface area is 70.9 Å². The number of hydrogen-bond acceptors (Lipinski definition) is 4. The van der Waals surface area contributed by atoms with Gasteiger partial charge in [0.1, 0.15) is 7.11 Å². The van der Waals surface area contributed by atoms with Crippen LogP contribution in [0, 0.1) is 0 Å². The molecule has 1 fully saturated rings. The van der Waals surface area contributed by atoms with Crippen molar-refractivity contribution in [3.8, 4) is 0 Å². The fourth-order valence-electron chi connectivity index (χ4n) is 1.19. The van der Waals surface area contributed by atoms with E-state index in [9.17, 15) is 4.79 Å². The first kappa shape index (κ1) is 8.99. The molecule has 1 aliphatic rings. The molecule has 0 bridgehead atoms. The quantitative estimate of drug-likeness (QED) is 0.535. The molecule has 1 amide bonds. The molecular weight excluding hydrogens is 158 g/mol. The number of piperidine rings is 1. The van der Waals surface area contributed by atoms with Gasteiger partial charge in [-0.25, -0.2) is 0 Å². The molecule has 0 aliphatic carbocycles. The second-order valence-electron chi connectivity index (χ2n) is 2.71. The Kier molecular flexibility index (Phi) is 3.04. The molecule has 1 aliphatic heterocycles. The van der Waals surface area contributed by atoms with Crippen LogP contribution in [0.2, 0.25) is 0 Å². The fourth-order valence-corrected chi connectivity index (χ4v) is 1.19. The smallest absolute Gasteiger partial charge is 0.234 e. The van der Waals surface area contributed by atoms with E-state index >= 15 is 0 Å². The molecule has 0 aromatic rings. The first-order valence-electron chi connectivity index (χ1n) is 3.85. The molecule has 12 heavy (non-hydrogen) atoms. The molecule has 1 rings (SSSR count). The third kappa shape index (κ3) is 2.20. The Morgan fingerprint density at radius 2 is 2.58 bits per heavy atom. The second-order valence-corrected chi connectivity index (χ2v) is 2.71. The van der Waals surface area contributed by atoms with Gasteiger partial charge in [0.2, 0.25) is 5.91 Å². The van der Waals surface area contributed by atoms with Crippen LogP contribution >= 0.6 is 0 Å². The number of nitrogens with one attached hydrogen (secondary N) is 1. The van der Waals surface area contributed by atoms with Crippen LogP contribution in [-0.4, -0.2) is 31.3 Å². The molecule has 68 valence electrons. The van der Waals surface area contributed by atoms with E-state index in [1.807, 2.05) is 0 Å². The number of nitrogens with two attached hydrogens (primary N) is 1. The SMILES string of the molecule is CON=C1CC[C@@H](C(N)=O)NC1. The molecular formula is C7H13N3O2. The maximum Gasteiger partial charge on any atom is 0.234 e. The highest BCUT2D eigenvalue weighted by atomic mass is 16.6. The predicted octanol–water partition coefficient (Wildman–Crippen LogP) is -0.774. The van der Waals surface area contributed by atoms with E-state index in [2.05, 4.69) is 15.3 Å². The molecule has 1 heterocycles. The van der Waals surface area contributed by atoms with E-state index in [1.165, 1.54) is 7.11 Å². The molecule has 0 spiro atoms. The van der Waals surface area contributed by atoms with Gasteiger partial charge in [-0.3, -0.25) is 4.79 Å². The number of amides is 1. The normalized spacial score (nSPS) is 27.1. The summed E-state index contributed by atoms with van der Waals surface area (Å²) in [5, 5.41) is 6.75. The highest BCUT2D eigenvalue weighted by molar-refractivity contribution is 5.89. The number of carbonyl (C=O) groups is 1. The van der Waals surface area contributed by atoms with Gasteiger partial charge >= 0.3 is 0 Å². The average molecular weight is 171 g/mol. The number of oxime groups is 1. The van der Waals surface area contributed by atoms with E-state index in [-0.39, 0.29) is 11.9 Å². The van der Waals surface area contributed by atoms with E-state index < -0.39 is 0 Å². The molecule has 0 aromatic carbocycles. The van der Waals surface area contributed by atoms with Crippen molar-refractivity contribution in [1.29, 1.82) is 0 Å². The zero-order valence-electron chi connectivity index (χ0n) is 7.04. The summed E-state index contributed by atoms with van der Waals surface area (Å²) in [6, 6.07) is -0.208. The van der Waals surface area contributed by atoms with E-state index in [4.69, 9.17) is 5.73 Å². The molecule has 5 heteroatoms. The maximum atomic E-state index is 10.7. The third-order valence-electron chi connectivity index (χ3n) is 1.84. The summed E-state index contributed by atoms with van der Waals surface area (Å²) < 4.78 is 0. The standard InChI is InChI=1S/C7H13N3O2/c1-12-10-5-2-3-6(7(8)11)9-4-5/h6,9H,2-4H2,1H3,(H2,8,11)/t6-/m0/s1. The zero-order valence-corrected chi connectivity index (χ0v) is 7.04. The first-order valence-corrected chi connectivity index (χ1v) is 3.85. The summed E-state index contributed by atoms with van der Waals surface area (Å²) in [5.41, 5.74) is 6.04. The van der Waals surface area contributed by atoms with Gasteiger partial charge in [0.05, 0.1) is 11.8 Å². The molecule has 0 saturated carbocycles. The Morgan fingerprint density at radius 1 is 1.83 bits per heavy atom. The molecule has 0 radical (unpaired) electrons. The summed E-state index contributed by atoms with van der Waals surface area (Å²) in [6.07, 6.45) is 1.48. The summed E-state index contributed by atoms with van der Waals surface area (Å²) in [7, 11) is 1.51. The van der Waals surface area contributed by atoms with Gasteiger partial charge in [0.25, 0.3) is 0 Å². The Balaban J connectivity index is 2.39. The highest BCUT2D eigenvalue weighted by Crippen LogP contribution is 2.05. The molecule has 0 unspecified atom stereocenters. The monoisotopic (exact) mass is 171 g/mol. The van der Waals surface area contributed by atoms with Gasteiger partial charge in [0, 0.05) is 6.54 Å². The van der Waals surface area contributed by atoms with Crippen LogP contribution in [0.1, 0.15) is 12.8 Å². The van der Waals surface area contributed by atoms with Crippen molar-refractivity contribution in [3.63, 3.8) is 0 Å². The molecule has 0 aromatic heterocycles. The largest absolute Gasteiger partial charge is 0.399 e. The van der Waals surface area contributed by atoms with Crippen LogP contribution in [-0.2, 0) is 9.63 Å². The van der Waals surface area contributed by atoms with Gasteiger partial charge in [0.15, 0.2) is 0 Å². The Bertz CT molecular complexity index is 193. The minimum absolute atomic E-state index is 0.208. The van der Waals surface area contributed by atoms with Crippen molar-refractivity contribution in [1.82, 2.24) is 5.32 Å². The molecule has 1 saturated heterocycles. The Hall–Kier alpha value is -1.10. The van der Waals surface area contributed by atoms with Crippen LogP contribution in [0.25, 0.3) is 0 Å². The highest BCUT2D eigenvalue weighted by Gasteiger charge is 2.20. The zero-order chi connectivity index (χ0) is 8.97. The number of nitrogens with zero attached hydrogens (tertiary/aromatic N) is 1. The van der Waals surface area contributed by atoms with Crippen molar-refractivity contribution in [2.75, 3.05) is 13.7 Å². The van der Waals surface area contributed by atoms with Crippen LogP contribution in [0.5, 0.6) is 0 Å². The summed E-state index contributed by atoms with van der Waals surface area (Å²) >= 11 is 0. The second kappa shape index (κ2) is 4.06. The lowest BCUT2D eigenvalue weighted by molar-refractivity contribution is -0.120. The topological polar surface area (TPSA) is 76.7 Å². The van der Waals surface area contributed by atoms with Crippen molar-refractivity contribution in [3.05, 3.63) is 0 Å². The van der Waals surface area contributed by atoms with Gasteiger partial charge in [-0.05, 0) is 12.8 Å². The molecule has 3 N–H and O–H groups in total. The number of hydrogen-bond donors (Lipinski definition) is 2. The van der Waals surface area contributed by atoms with Gasteiger partial charge < -0.3 is 15.9 Å². The maximum absolute atomic E-state index is 10.7. The van der Waals surface area contributed by atoms with Crippen molar-refractivity contribution in [2.24, 2.45) is 10.9 Å². The summed E-state index contributed by atoms with van der Waals surface area (Å²) in [5.74, 6) is -0.300. The summed E-state index contributed by atoms with van der Waals surface area (Å²) in [4.78, 5) is 15.3. The van der Waals surface area contributed by atoms with Gasteiger partial charge in [-0.2, -0.15) is 0 Å². The lowest BCUT2D eigenvalue weighted by Crippen LogP contribution is -2.47. The lowest BCUT2D eigenvalue weighted by Gasteiger charge is -2.21. The van der Waals surface area contributed by atoms with E-state index in [1.54, 1.807) is 0 Å². The van der Waals surface area contributed by atoms with Crippen LogP contribution < -0.4 is 11.1 Å². The van der Waals surface area contributed by atoms with Crippen molar-refractivity contribution < 1.29 is 9.63 Å². The van der Waals surface area contributed by atoms with E-state index in [0.29, 0.717) is 13.0 Å². The van der Waals surface area contributed by atoms with Gasteiger partial charge in [-0.1, -0.05) is 5.16 Å². The average Bonchev–Trinajstić information content (AvgIpc) is 2.06. The molecule has 1 atom stereocenters. The van der Waals surface area contributed by atoms with Crippen LogP contribution in [0.15, 0.2) is 5.16 Å². The number of rotatable bonds is 2. The fraction of sp³-hybridized carbons (Fsp3) is 0.714. The van der Waals surface area contributed by atoms with E-state index in [0.717, 1.165) is 12.1 Å². The Morgan fingerprint density at radius 3 is 3.00 bits per heavy atom. The third-order valence-corrected chi connectivity index (χ3v) is 1.84. The number of carbonyl (C=O) groups excluding carboxylic acids is 1. The minimum atomic E-state index is -0.300. The van der Waals surface area contributed by atoms with Gasteiger partial charge in [-0.15, -0.1) is 0 Å².